The molecule has 0 aromatic heterocycles. The summed E-state index contributed by atoms with van der Waals surface area (Å²) in [4.78, 5) is 9.83. The zero-order valence-corrected chi connectivity index (χ0v) is 5.79. The lowest BCUT2D eigenvalue weighted by Crippen LogP contribution is -2.04. The average molecular weight is 154 g/mol. The molecule has 0 N–H and O–H groups in total. The van der Waals surface area contributed by atoms with Gasteiger partial charge in [-0.05, 0) is 12.1 Å². The molecule has 0 saturated heterocycles. The van der Waals surface area contributed by atoms with Gasteiger partial charge in [-0.1, -0.05) is 18.2 Å². The quantitative estimate of drug-likeness (QED) is 0.617. The molecular weight excluding hydrogens is 147 g/mol. The van der Waals surface area contributed by atoms with E-state index in [2.05, 4.69) is 0 Å². The third-order valence-electron chi connectivity index (χ3n) is 1.10. The van der Waals surface area contributed by atoms with Gasteiger partial charge in [-0.2, -0.15) is 4.39 Å². The standard InChI is InChI=1S/C8H7FO2/c9-8(10)6-11-7-4-2-1-3-5-7/h1-5H,6H2. The number of para-hydroxylation sites is 1. The van der Waals surface area contributed by atoms with Crippen molar-refractivity contribution in [1.29, 1.82) is 0 Å². The van der Waals surface area contributed by atoms with Gasteiger partial charge in [0.2, 0.25) is 0 Å². The Morgan fingerprint density at radius 3 is 2.55 bits per heavy atom. The fraction of sp³-hybridized carbons (Fsp3) is 0.125. The zero-order chi connectivity index (χ0) is 8.10. The first kappa shape index (κ1) is 7.72. The molecular formula is C8H7FO2. The van der Waals surface area contributed by atoms with E-state index in [0.29, 0.717) is 5.75 Å². The van der Waals surface area contributed by atoms with Crippen molar-refractivity contribution in [2.75, 3.05) is 6.61 Å². The lowest BCUT2D eigenvalue weighted by molar-refractivity contribution is -0.131. The first-order chi connectivity index (χ1) is 5.29. The van der Waals surface area contributed by atoms with E-state index in [-0.39, 0.29) is 0 Å². The maximum Gasteiger partial charge on any atom is 0.338 e. The Morgan fingerprint density at radius 1 is 1.36 bits per heavy atom. The molecule has 0 unspecified atom stereocenters. The lowest BCUT2D eigenvalue weighted by Gasteiger charge is -1.99. The van der Waals surface area contributed by atoms with E-state index < -0.39 is 12.6 Å². The highest BCUT2D eigenvalue weighted by molar-refractivity contribution is 5.69. The number of hydrogen-bond donors (Lipinski definition) is 0. The number of halogens is 1. The molecule has 2 nitrogen and oxygen atoms in total. The van der Waals surface area contributed by atoms with E-state index in [1.165, 1.54) is 0 Å². The van der Waals surface area contributed by atoms with Crippen molar-refractivity contribution in [2.45, 2.75) is 0 Å². The summed E-state index contributed by atoms with van der Waals surface area (Å²) in [5.74, 6) is 0.499. The van der Waals surface area contributed by atoms with Crippen molar-refractivity contribution in [2.24, 2.45) is 0 Å². The van der Waals surface area contributed by atoms with Gasteiger partial charge in [0.05, 0.1) is 0 Å². The molecule has 0 aliphatic carbocycles. The van der Waals surface area contributed by atoms with E-state index in [9.17, 15) is 9.18 Å². The Balaban J connectivity index is 2.45. The molecule has 0 amide bonds. The largest absolute Gasteiger partial charge is 0.483 e. The summed E-state index contributed by atoms with van der Waals surface area (Å²) in [5.41, 5.74) is 0. The van der Waals surface area contributed by atoms with Gasteiger partial charge in [0, 0.05) is 0 Å². The molecule has 0 saturated carbocycles. The molecule has 1 aromatic carbocycles. The highest BCUT2D eigenvalue weighted by Gasteiger charge is 1.97. The summed E-state index contributed by atoms with van der Waals surface area (Å²) in [6, 6.07) is 7.15. The van der Waals surface area contributed by atoms with Crippen LogP contribution in [0.15, 0.2) is 30.3 Å². The Kier molecular flexibility index (Phi) is 2.60. The summed E-state index contributed by atoms with van der Waals surface area (Å²) in [5, 5.41) is 0. The smallest absolute Gasteiger partial charge is 0.338 e. The maximum absolute atomic E-state index is 11.6. The summed E-state index contributed by atoms with van der Waals surface area (Å²) >= 11 is 0. The van der Waals surface area contributed by atoms with Crippen LogP contribution in [-0.4, -0.2) is 12.6 Å². The molecule has 0 bridgehead atoms. The molecule has 1 rings (SSSR count). The summed E-state index contributed by atoms with van der Waals surface area (Å²) in [7, 11) is 0. The number of hydrogen-bond acceptors (Lipinski definition) is 2. The van der Waals surface area contributed by atoms with Gasteiger partial charge in [0.1, 0.15) is 5.75 Å². The fourth-order valence-corrected chi connectivity index (χ4v) is 0.657. The Hall–Kier alpha value is -1.38. The first-order valence-corrected chi connectivity index (χ1v) is 3.15. The topological polar surface area (TPSA) is 26.3 Å². The van der Waals surface area contributed by atoms with E-state index in [1.54, 1.807) is 24.3 Å². The molecule has 11 heavy (non-hydrogen) atoms. The highest BCUT2D eigenvalue weighted by atomic mass is 19.1. The van der Waals surface area contributed by atoms with Gasteiger partial charge in [-0.3, -0.25) is 4.79 Å². The van der Waals surface area contributed by atoms with Crippen LogP contribution in [-0.2, 0) is 4.79 Å². The second-order valence-corrected chi connectivity index (χ2v) is 1.96. The summed E-state index contributed by atoms with van der Waals surface area (Å²) < 4.78 is 16.4. The van der Waals surface area contributed by atoms with Crippen molar-refractivity contribution in [3.8, 4) is 5.75 Å². The van der Waals surface area contributed by atoms with Gasteiger partial charge < -0.3 is 4.74 Å². The van der Waals surface area contributed by atoms with E-state index in [0.717, 1.165) is 0 Å². The third-order valence-corrected chi connectivity index (χ3v) is 1.10. The minimum atomic E-state index is -1.46. The van der Waals surface area contributed by atoms with E-state index >= 15 is 0 Å². The minimum Gasteiger partial charge on any atom is -0.483 e. The van der Waals surface area contributed by atoms with Crippen LogP contribution in [0.1, 0.15) is 0 Å². The second-order valence-electron chi connectivity index (χ2n) is 1.96. The average Bonchev–Trinajstić information content (AvgIpc) is 2.03. The van der Waals surface area contributed by atoms with Crippen LogP contribution in [0.3, 0.4) is 0 Å². The zero-order valence-electron chi connectivity index (χ0n) is 5.79. The van der Waals surface area contributed by atoms with Crippen LogP contribution in [0.25, 0.3) is 0 Å². The van der Waals surface area contributed by atoms with Crippen molar-refractivity contribution < 1.29 is 13.9 Å². The first-order valence-electron chi connectivity index (χ1n) is 3.15. The number of carbonyl (C=O) groups is 1. The van der Waals surface area contributed by atoms with Crippen molar-refractivity contribution in [3.63, 3.8) is 0 Å². The molecule has 0 atom stereocenters. The molecule has 0 heterocycles. The minimum absolute atomic E-state index is 0.499. The van der Waals surface area contributed by atoms with Crippen molar-refractivity contribution >= 4 is 6.04 Å². The molecule has 0 spiro atoms. The molecule has 0 radical (unpaired) electrons. The number of carbonyl (C=O) groups excluding carboxylic acids is 1. The van der Waals surface area contributed by atoms with Crippen LogP contribution >= 0.6 is 0 Å². The van der Waals surface area contributed by atoms with Crippen molar-refractivity contribution in [3.05, 3.63) is 30.3 Å². The number of rotatable bonds is 3. The van der Waals surface area contributed by atoms with Gasteiger partial charge >= 0.3 is 6.04 Å². The molecule has 3 heteroatoms. The van der Waals surface area contributed by atoms with Gasteiger partial charge in [-0.25, -0.2) is 0 Å². The predicted octanol–water partition coefficient (Wildman–Crippen LogP) is 1.56. The Labute approximate surface area is 63.6 Å². The van der Waals surface area contributed by atoms with Crippen LogP contribution in [0.4, 0.5) is 4.39 Å². The molecule has 0 fully saturated rings. The normalized spacial score (nSPS) is 9.18. The molecule has 58 valence electrons. The van der Waals surface area contributed by atoms with Gasteiger partial charge in [0.15, 0.2) is 6.61 Å². The van der Waals surface area contributed by atoms with Crippen LogP contribution in [0, 0.1) is 0 Å². The van der Waals surface area contributed by atoms with Gasteiger partial charge in [-0.15, -0.1) is 0 Å². The summed E-state index contributed by atoms with van der Waals surface area (Å²) in [6.45, 7) is -0.510. The lowest BCUT2D eigenvalue weighted by atomic mass is 10.3. The maximum atomic E-state index is 11.6. The van der Waals surface area contributed by atoms with Crippen LogP contribution in [0.5, 0.6) is 5.75 Å². The molecule has 0 aliphatic rings. The number of benzene rings is 1. The van der Waals surface area contributed by atoms with Crippen LogP contribution < -0.4 is 4.74 Å². The predicted molar refractivity (Wildman–Crippen MR) is 38.1 cm³/mol. The molecule has 0 aliphatic heterocycles. The SMILES string of the molecule is O=C(F)COc1ccccc1. The van der Waals surface area contributed by atoms with E-state index in [4.69, 9.17) is 4.74 Å². The Morgan fingerprint density at radius 2 is 2.00 bits per heavy atom. The second kappa shape index (κ2) is 3.71. The third kappa shape index (κ3) is 2.80. The molecule has 1 aromatic rings. The summed E-state index contributed by atoms with van der Waals surface area (Å²) in [6.07, 6.45) is 0. The van der Waals surface area contributed by atoms with Crippen molar-refractivity contribution in [1.82, 2.24) is 0 Å². The van der Waals surface area contributed by atoms with Gasteiger partial charge in [0.25, 0.3) is 0 Å². The monoisotopic (exact) mass is 154 g/mol. The fourth-order valence-electron chi connectivity index (χ4n) is 0.657. The van der Waals surface area contributed by atoms with E-state index in [1.807, 2.05) is 6.07 Å². The highest BCUT2D eigenvalue weighted by Crippen LogP contribution is 2.07. The number of ether oxygens (including phenoxy) is 1. The Bertz CT molecular complexity index is 233. The van der Waals surface area contributed by atoms with Crippen LogP contribution in [0.2, 0.25) is 0 Å².